The highest BCUT2D eigenvalue weighted by Gasteiger charge is 2.01. The first-order valence-corrected chi connectivity index (χ1v) is 4.03. The van der Waals surface area contributed by atoms with E-state index in [-0.39, 0.29) is 6.04 Å². The molecule has 0 heterocycles. The first-order chi connectivity index (χ1) is 5.77. The normalized spacial score (nSPS) is 12.1. The van der Waals surface area contributed by atoms with Crippen LogP contribution in [0.25, 0.3) is 0 Å². The minimum atomic E-state index is 0.0951. The van der Waals surface area contributed by atoms with Crippen LogP contribution in [0.2, 0.25) is 0 Å². The molecule has 2 heteroatoms. The second-order valence-electron chi connectivity index (χ2n) is 2.75. The molecule has 1 aromatic carbocycles. The van der Waals surface area contributed by atoms with Gasteiger partial charge in [-0.15, -0.1) is 0 Å². The molecule has 2 nitrogen and oxygen atoms in total. The SMILES string of the molecule is CC[C@H](N)c1ccc(C#N)cc1. The van der Waals surface area contributed by atoms with Crippen molar-refractivity contribution in [3.63, 3.8) is 0 Å². The number of hydrogen-bond donors (Lipinski definition) is 1. The van der Waals surface area contributed by atoms with Gasteiger partial charge in [0.15, 0.2) is 0 Å². The summed E-state index contributed by atoms with van der Waals surface area (Å²) in [7, 11) is 0. The van der Waals surface area contributed by atoms with E-state index in [9.17, 15) is 0 Å². The summed E-state index contributed by atoms with van der Waals surface area (Å²) in [6, 6.07) is 9.58. The zero-order chi connectivity index (χ0) is 8.97. The first kappa shape index (κ1) is 8.76. The van der Waals surface area contributed by atoms with Gasteiger partial charge in [-0.25, -0.2) is 0 Å². The van der Waals surface area contributed by atoms with Gasteiger partial charge in [0.2, 0.25) is 0 Å². The molecule has 62 valence electrons. The average molecular weight is 160 g/mol. The molecule has 1 rings (SSSR count). The highest BCUT2D eigenvalue weighted by Crippen LogP contribution is 2.13. The highest BCUT2D eigenvalue weighted by molar-refractivity contribution is 5.32. The second-order valence-corrected chi connectivity index (χ2v) is 2.75. The molecule has 0 aliphatic heterocycles. The summed E-state index contributed by atoms with van der Waals surface area (Å²) in [4.78, 5) is 0. The van der Waals surface area contributed by atoms with Crippen LogP contribution < -0.4 is 5.73 Å². The number of nitriles is 1. The van der Waals surface area contributed by atoms with Gasteiger partial charge in [0.25, 0.3) is 0 Å². The third-order valence-corrected chi connectivity index (χ3v) is 1.91. The van der Waals surface area contributed by atoms with E-state index in [1.54, 1.807) is 12.1 Å². The predicted molar refractivity (Wildman–Crippen MR) is 48.4 cm³/mol. The molecular weight excluding hydrogens is 148 g/mol. The third-order valence-electron chi connectivity index (χ3n) is 1.91. The van der Waals surface area contributed by atoms with Gasteiger partial charge in [0, 0.05) is 6.04 Å². The average Bonchev–Trinajstić information content (AvgIpc) is 2.17. The van der Waals surface area contributed by atoms with Crippen LogP contribution in [0.5, 0.6) is 0 Å². The first-order valence-electron chi connectivity index (χ1n) is 4.03. The van der Waals surface area contributed by atoms with Crippen molar-refractivity contribution in [3.8, 4) is 6.07 Å². The Hall–Kier alpha value is -1.33. The number of nitrogens with zero attached hydrogens (tertiary/aromatic N) is 1. The molecule has 0 aliphatic carbocycles. The Bertz CT molecular complexity index is 282. The van der Waals surface area contributed by atoms with Crippen molar-refractivity contribution in [1.29, 1.82) is 5.26 Å². The molecule has 0 saturated carbocycles. The maximum Gasteiger partial charge on any atom is 0.0991 e. The van der Waals surface area contributed by atoms with Crippen molar-refractivity contribution in [2.45, 2.75) is 19.4 Å². The maximum atomic E-state index is 8.54. The summed E-state index contributed by atoms with van der Waals surface area (Å²) in [5.74, 6) is 0. The zero-order valence-electron chi connectivity index (χ0n) is 7.12. The van der Waals surface area contributed by atoms with Crippen molar-refractivity contribution in [1.82, 2.24) is 0 Å². The Morgan fingerprint density at radius 1 is 1.42 bits per heavy atom. The lowest BCUT2D eigenvalue weighted by atomic mass is 10.0. The molecule has 0 aliphatic rings. The minimum Gasteiger partial charge on any atom is -0.324 e. The van der Waals surface area contributed by atoms with Crippen LogP contribution in [0.15, 0.2) is 24.3 Å². The number of rotatable bonds is 2. The largest absolute Gasteiger partial charge is 0.324 e. The van der Waals surface area contributed by atoms with Crippen molar-refractivity contribution >= 4 is 0 Å². The van der Waals surface area contributed by atoms with Crippen molar-refractivity contribution in [2.75, 3.05) is 0 Å². The van der Waals surface area contributed by atoms with E-state index in [4.69, 9.17) is 11.0 Å². The highest BCUT2D eigenvalue weighted by atomic mass is 14.6. The summed E-state index contributed by atoms with van der Waals surface area (Å²) < 4.78 is 0. The fourth-order valence-electron chi connectivity index (χ4n) is 1.04. The standard InChI is InChI=1S/C10H12N2/c1-2-10(12)9-5-3-8(7-11)4-6-9/h3-6,10H,2,12H2,1H3/t10-/m0/s1. The Labute approximate surface area is 72.6 Å². The van der Waals surface area contributed by atoms with E-state index in [1.165, 1.54) is 0 Å². The van der Waals surface area contributed by atoms with Gasteiger partial charge in [-0.1, -0.05) is 19.1 Å². The molecule has 1 atom stereocenters. The molecule has 2 N–H and O–H groups in total. The Morgan fingerprint density at radius 2 is 2.00 bits per heavy atom. The molecule has 0 saturated heterocycles. The van der Waals surface area contributed by atoms with E-state index in [0.29, 0.717) is 5.56 Å². The van der Waals surface area contributed by atoms with E-state index < -0.39 is 0 Å². The van der Waals surface area contributed by atoms with Crippen molar-refractivity contribution < 1.29 is 0 Å². The van der Waals surface area contributed by atoms with Crippen molar-refractivity contribution in [3.05, 3.63) is 35.4 Å². The molecular formula is C10H12N2. The summed E-state index contributed by atoms with van der Waals surface area (Å²) >= 11 is 0. The van der Waals surface area contributed by atoms with Crippen LogP contribution in [0.3, 0.4) is 0 Å². The van der Waals surface area contributed by atoms with Gasteiger partial charge in [0.05, 0.1) is 11.6 Å². The lowest BCUT2D eigenvalue weighted by Gasteiger charge is -2.07. The van der Waals surface area contributed by atoms with E-state index in [1.807, 2.05) is 19.1 Å². The number of benzene rings is 1. The van der Waals surface area contributed by atoms with Crippen LogP contribution in [0.4, 0.5) is 0 Å². The second kappa shape index (κ2) is 3.89. The van der Waals surface area contributed by atoms with Gasteiger partial charge in [-0.3, -0.25) is 0 Å². The molecule has 0 spiro atoms. The quantitative estimate of drug-likeness (QED) is 0.719. The van der Waals surface area contributed by atoms with E-state index in [2.05, 4.69) is 6.07 Å². The van der Waals surface area contributed by atoms with Crippen LogP contribution in [-0.2, 0) is 0 Å². The monoisotopic (exact) mass is 160 g/mol. The molecule has 0 amide bonds. The molecule has 0 fully saturated rings. The minimum absolute atomic E-state index is 0.0951. The third kappa shape index (κ3) is 1.84. The molecule has 0 aromatic heterocycles. The van der Waals surface area contributed by atoms with Crippen LogP contribution in [0, 0.1) is 11.3 Å². The number of nitrogens with two attached hydrogens (primary N) is 1. The number of hydrogen-bond acceptors (Lipinski definition) is 2. The smallest absolute Gasteiger partial charge is 0.0991 e. The molecule has 0 radical (unpaired) electrons. The summed E-state index contributed by atoms with van der Waals surface area (Å²) in [5.41, 5.74) is 7.58. The predicted octanol–water partition coefficient (Wildman–Crippen LogP) is 1.97. The molecule has 1 aromatic rings. The van der Waals surface area contributed by atoms with E-state index >= 15 is 0 Å². The zero-order valence-corrected chi connectivity index (χ0v) is 7.12. The molecule has 12 heavy (non-hydrogen) atoms. The fourth-order valence-corrected chi connectivity index (χ4v) is 1.04. The summed E-state index contributed by atoms with van der Waals surface area (Å²) in [6.07, 6.45) is 0.923. The Morgan fingerprint density at radius 3 is 2.42 bits per heavy atom. The lowest BCUT2D eigenvalue weighted by Crippen LogP contribution is -2.08. The van der Waals surface area contributed by atoms with Crippen molar-refractivity contribution in [2.24, 2.45) is 5.73 Å². The van der Waals surface area contributed by atoms with Crippen LogP contribution >= 0.6 is 0 Å². The summed E-state index contributed by atoms with van der Waals surface area (Å²) in [5, 5.41) is 8.54. The van der Waals surface area contributed by atoms with Gasteiger partial charge < -0.3 is 5.73 Å². The maximum absolute atomic E-state index is 8.54. The van der Waals surface area contributed by atoms with Crippen LogP contribution in [-0.4, -0.2) is 0 Å². The van der Waals surface area contributed by atoms with Gasteiger partial charge in [-0.2, -0.15) is 5.26 Å². The van der Waals surface area contributed by atoms with Gasteiger partial charge in [-0.05, 0) is 24.1 Å². The van der Waals surface area contributed by atoms with E-state index in [0.717, 1.165) is 12.0 Å². The summed E-state index contributed by atoms with van der Waals surface area (Å²) in [6.45, 7) is 2.04. The van der Waals surface area contributed by atoms with Crippen LogP contribution in [0.1, 0.15) is 30.5 Å². The van der Waals surface area contributed by atoms with Gasteiger partial charge in [0.1, 0.15) is 0 Å². The Kier molecular flexibility index (Phi) is 2.84. The molecule has 0 bridgehead atoms. The lowest BCUT2D eigenvalue weighted by molar-refractivity contribution is 0.698. The Balaban J connectivity index is 2.86. The van der Waals surface area contributed by atoms with Gasteiger partial charge >= 0.3 is 0 Å². The fraction of sp³-hybridized carbons (Fsp3) is 0.300. The topological polar surface area (TPSA) is 49.8 Å². The molecule has 0 unspecified atom stereocenters.